The molecule has 0 aromatic heterocycles. The van der Waals surface area contributed by atoms with Crippen LogP contribution in [0.1, 0.15) is 116 Å². The van der Waals surface area contributed by atoms with Gasteiger partial charge in [0.1, 0.15) is 0 Å². The van der Waals surface area contributed by atoms with Gasteiger partial charge in [0.2, 0.25) is 0 Å². The lowest BCUT2D eigenvalue weighted by Gasteiger charge is -2.05. The summed E-state index contributed by atoms with van der Waals surface area (Å²) in [4.78, 5) is 17.1. The van der Waals surface area contributed by atoms with Crippen molar-refractivity contribution < 1.29 is 18.9 Å². The average molecular weight is 425 g/mol. The third-order valence-corrected chi connectivity index (χ3v) is 6.51. The zero-order chi connectivity index (χ0) is 20.1. The molecule has 0 aromatic carbocycles. The van der Waals surface area contributed by atoms with Crippen molar-refractivity contribution in [1.29, 1.82) is 0 Å². The van der Waals surface area contributed by atoms with Crippen molar-refractivity contribution >= 4 is 19.6 Å². The molecule has 0 radical (unpaired) electrons. The second-order valence-electron chi connectivity index (χ2n) is 7.59. The van der Waals surface area contributed by atoms with Crippen LogP contribution in [0.5, 0.6) is 0 Å². The van der Waals surface area contributed by atoms with Crippen molar-refractivity contribution in [3.8, 4) is 0 Å². The Labute approximate surface area is 172 Å². The standard InChI is InChI=1S/C21H45O4PS/c1-2-3-4-5-6-7-8-9-10-11-12-13-14-17-20-27-21-18-15-16-19-25-26(22,23)24/h2-21H2,1H3,(H2,22,23,24). The molecule has 164 valence electrons. The van der Waals surface area contributed by atoms with E-state index in [1.54, 1.807) is 0 Å². The Morgan fingerprint density at radius 1 is 0.630 bits per heavy atom. The normalized spacial score (nSPS) is 12.0. The van der Waals surface area contributed by atoms with E-state index < -0.39 is 7.82 Å². The van der Waals surface area contributed by atoms with Crippen LogP contribution in [0, 0.1) is 0 Å². The van der Waals surface area contributed by atoms with Crippen LogP contribution in [0.3, 0.4) is 0 Å². The highest BCUT2D eigenvalue weighted by Gasteiger charge is 2.12. The maximum Gasteiger partial charge on any atom is 0.469 e. The molecule has 0 rings (SSSR count). The van der Waals surface area contributed by atoms with E-state index in [-0.39, 0.29) is 6.61 Å². The van der Waals surface area contributed by atoms with E-state index in [0.717, 1.165) is 25.0 Å². The minimum Gasteiger partial charge on any atom is -0.303 e. The molecule has 0 atom stereocenters. The molecule has 0 saturated heterocycles. The van der Waals surface area contributed by atoms with Crippen LogP contribution in [0.25, 0.3) is 0 Å². The van der Waals surface area contributed by atoms with E-state index >= 15 is 0 Å². The molecule has 0 aromatic rings. The predicted molar refractivity (Wildman–Crippen MR) is 119 cm³/mol. The number of phosphoric ester groups is 1. The molecule has 2 N–H and O–H groups in total. The smallest absolute Gasteiger partial charge is 0.303 e. The summed E-state index contributed by atoms with van der Waals surface area (Å²) in [5.41, 5.74) is 0. The highest BCUT2D eigenvalue weighted by molar-refractivity contribution is 7.99. The number of thioether (sulfide) groups is 1. The minimum atomic E-state index is -4.27. The first-order valence-corrected chi connectivity index (χ1v) is 14.0. The Morgan fingerprint density at radius 2 is 1.00 bits per heavy atom. The van der Waals surface area contributed by atoms with Gasteiger partial charge in [-0.2, -0.15) is 11.8 Å². The molecular formula is C21H45O4PS. The van der Waals surface area contributed by atoms with E-state index in [0.29, 0.717) is 0 Å². The molecule has 0 fully saturated rings. The number of rotatable bonds is 22. The largest absolute Gasteiger partial charge is 0.469 e. The molecule has 0 aliphatic carbocycles. The molecule has 4 nitrogen and oxygen atoms in total. The van der Waals surface area contributed by atoms with Gasteiger partial charge >= 0.3 is 7.82 Å². The molecular weight excluding hydrogens is 379 g/mol. The lowest BCUT2D eigenvalue weighted by molar-refractivity contribution is 0.193. The fourth-order valence-corrected chi connectivity index (χ4v) is 4.55. The summed E-state index contributed by atoms with van der Waals surface area (Å²) >= 11 is 2.01. The molecule has 0 aliphatic rings. The zero-order valence-corrected chi connectivity index (χ0v) is 19.4. The van der Waals surface area contributed by atoms with Gasteiger partial charge in [-0.15, -0.1) is 0 Å². The lowest BCUT2D eigenvalue weighted by atomic mass is 10.0. The second kappa shape index (κ2) is 21.2. The van der Waals surface area contributed by atoms with Crippen LogP contribution in [0.4, 0.5) is 0 Å². The Hall–Kier alpha value is 0.460. The molecule has 0 unspecified atom stereocenters. The summed E-state index contributed by atoms with van der Waals surface area (Å²) in [7, 11) is -4.27. The van der Waals surface area contributed by atoms with Gasteiger partial charge in [0.15, 0.2) is 0 Å². The molecule has 6 heteroatoms. The van der Waals surface area contributed by atoms with E-state index in [1.807, 2.05) is 11.8 Å². The topological polar surface area (TPSA) is 66.8 Å². The monoisotopic (exact) mass is 424 g/mol. The molecule has 0 aliphatic heterocycles. The first-order chi connectivity index (χ1) is 13.1. The number of hydrogen-bond acceptors (Lipinski definition) is 3. The van der Waals surface area contributed by atoms with Crippen LogP contribution >= 0.6 is 19.6 Å². The summed E-state index contributed by atoms with van der Waals surface area (Å²) in [6.07, 6.45) is 22.5. The van der Waals surface area contributed by atoms with Crippen LogP contribution < -0.4 is 0 Å². The summed E-state index contributed by atoms with van der Waals surface area (Å²) in [5, 5.41) is 0. The van der Waals surface area contributed by atoms with E-state index in [4.69, 9.17) is 9.79 Å². The third kappa shape index (κ3) is 26.5. The number of hydrogen-bond donors (Lipinski definition) is 2. The van der Waals surface area contributed by atoms with Gasteiger partial charge < -0.3 is 9.79 Å². The molecule has 0 amide bonds. The quantitative estimate of drug-likeness (QED) is 0.139. The van der Waals surface area contributed by atoms with Crippen molar-refractivity contribution in [1.82, 2.24) is 0 Å². The number of unbranched alkanes of at least 4 members (excludes halogenated alkanes) is 15. The summed E-state index contributed by atoms with van der Waals surface area (Å²) in [5.74, 6) is 2.39. The van der Waals surface area contributed by atoms with E-state index in [1.165, 1.54) is 95.6 Å². The summed E-state index contributed by atoms with van der Waals surface area (Å²) in [6, 6.07) is 0. The van der Waals surface area contributed by atoms with E-state index in [2.05, 4.69) is 11.4 Å². The van der Waals surface area contributed by atoms with Crippen LogP contribution in [0.15, 0.2) is 0 Å². The minimum absolute atomic E-state index is 0.161. The summed E-state index contributed by atoms with van der Waals surface area (Å²) < 4.78 is 14.9. The summed E-state index contributed by atoms with van der Waals surface area (Å²) in [6.45, 7) is 2.44. The second-order valence-corrected chi connectivity index (χ2v) is 10.1. The fraction of sp³-hybridized carbons (Fsp3) is 1.00. The molecule has 0 bridgehead atoms. The van der Waals surface area contributed by atoms with Crippen LogP contribution in [-0.2, 0) is 9.09 Å². The third-order valence-electron chi connectivity index (χ3n) is 4.83. The molecule has 0 heterocycles. The maximum atomic E-state index is 10.5. The lowest BCUT2D eigenvalue weighted by Crippen LogP contribution is -1.93. The average Bonchev–Trinajstić information content (AvgIpc) is 2.62. The molecule has 27 heavy (non-hydrogen) atoms. The van der Waals surface area contributed by atoms with Gasteiger partial charge in [-0.3, -0.25) is 4.52 Å². The van der Waals surface area contributed by atoms with E-state index in [9.17, 15) is 4.57 Å². The van der Waals surface area contributed by atoms with Crippen molar-refractivity contribution in [2.24, 2.45) is 0 Å². The van der Waals surface area contributed by atoms with Crippen molar-refractivity contribution in [2.75, 3.05) is 18.1 Å². The molecule has 0 spiro atoms. The van der Waals surface area contributed by atoms with Gasteiger partial charge in [-0.25, -0.2) is 4.57 Å². The SMILES string of the molecule is CCCCCCCCCCCCCCCCSCCCCCOP(=O)(O)O. The maximum absolute atomic E-state index is 10.5. The highest BCUT2D eigenvalue weighted by Crippen LogP contribution is 2.35. The van der Waals surface area contributed by atoms with Crippen LogP contribution in [0.2, 0.25) is 0 Å². The molecule has 0 saturated carbocycles. The van der Waals surface area contributed by atoms with Gasteiger partial charge in [0.25, 0.3) is 0 Å². The van der Waals surface area contributed by atoms with Gasteiger partial charge in [-0.1, -0.05) is 96.8 Å². The van der Waals surface area contributed by atoms with Gasteiger partial charge in [-0.05, 0) is 30.8 Å². The van der Waals surface area contributed by atoms with Crippen molar-refractivity contribution in [2.45, 2.75) is 116 Å². The zero-order valence-electron chi connectivity index (χ0n) is 17.7. The first-order valence-electron chi connectivity index (χ1n) is 11.3. The fourth-order valence-electron chi connectivity index (χ4n) is 3.17. The number of phosphoric acid groups is 1. The van der Waals surface area contributed by atoms with Crippen molar-refractivity contribution in [3.63, 3.8) is 0 Å². The predicted octanol–water partition coefficient (Wildman–Crippen LogP) is 7.48. The Morgan fingerprint density at radius 3 is 1.41 bits per heavy atom. The Kier molecular flexibility index (Phi) is 21.5. The van der Waals surface area contributed by atoms with Gasteiger partial charge in [0, 0.05) is 0 Å². The Balaban J connectivity index is 3.02. The highest BCUT2D eigenvalue weighted by atomic mass is 32.2. The Bertz CT molecular complexity index is 336. The van der Waals surface area contributed by atoms with Gasteiger partial charge in [0.05, 0.1) is 6.61 Å². The van der Waals surface area contributed by atoms with Crippen LogP contribution in [-0.4, -0.2) is 27.9 Å². The van der Waals surface area contributed by atoms with Crippen molar-refractivity contribution in [3.05, 3.63) is 0 Å². The first kappa shape index (κ1) is 27.5.